The second kappa shape index (κ2) is 5.96. The topological polar surface area (TPSA) is 66.4 Å². The Bertz CT molecular complexity index is 813. The minimum Gasteiger partial charge on any atom is -0.507 e. The Morgan fingerprint density at radius 1 is 1.04 bits per heavy atom. The molecule has 0 bridgehead atoms. The van der Waals surface area contributed by atoms with Crippen molar-refractivity contribution in [2.45, 2.75) is 6.04 Å². The molecule has 0 unspecified atom stereocenters. The number of carbonyl (C=O) groups is 2. The molecule has 4 nitrogen and oxygen atoms in total. The van der Waals surface area contributed by atoms with Crippen molar-refractivity contribution in [3.05, 3.63) is 75.5 Å². The lowest BCUT2D eigenvalue weighted by Gasteiger charge is -2.13. The third-order valence-electron chi connectivity index (χ3n) is 3.59. The molecular weight excluding hydrogens is 365 g/mol. The van der Waals surface area contributed by atoms with Crippen molar-refractivity contribution in [2.75, 3.05) is 0 Å². The smallest absolute Gasteiger partial charge is 0.293 e. The van der Waals surface area contributed by atoms with Gasteiger partial charge in [-0.25, -0.2) is 4.39 Å². The Morgan fingerprint density at radius 2 is 1.65 bits per heavy atom. The summed E-state index contributed by atoms with van der Waals surface area (Å²) in [7, 11) is 0. The predicted octanol–water partition coefficient (Wildman–Crippen LogP) is 3.30. The molecule has 1 fully saturated rings. The normalized spacial score (nSPS) is 19.7. The molecule has 0 radical (unpaired) electrons. The molecule has 3 rings (SSSR count). The number of ketones is 1. The number of nitrogens with one attached hydrogen (secondary N) is 1. The molecule has 0 aliphatic carbocycles. The quantitative estimate of drug-likeness (QED) is 0.480. The van der Waals surface area contributed by atoms with Gasteiger partial charge in [0, 0.05) is 10.0 Å². The summed E-state index contributed by atoms with van der Waals surface area (Å²) in [6, 6.07) is 11.3. The molecule has 23 heavy (non-hydrogen) atoms. The number of aliphatic hydroxyl groups excluding tert-OH is 1. The van der Waals surface area contributed by atoms with Gasteiger partial charge in [0.1, 0.15) is 11.6 Å². The molecule has 2 aromatic rings. The lowest BCUT2D eigenvalue weighted by atomic mass is 9.96. The number of Topliss-reactive ketones (excluding diaryl/α,β-unsaturated/α-hetero) is 1. The highest BCUT2D eigenvalue weighted by Gasteiger charge is 2.39. The molecule has 0 aromatic heterocycles. The van der Waals surface area contributed by atoms with Gasteiger partial charge in [0.25, 0.3) is 11.7 Å². The number of halogens is 2. The largest absolute Gasteiger partial charge is 0.507 e. The Labute approximate surface area is 139 Å². The second-order valence-electron chi connectivity index (χ2n) is 5.06. The molecule has 1 amide bonds. The summed E-state index contributed by atoms with van der Waals surface area (Å²) >= 11 is 3.29. The third-order valence-corrected chi connectivity index (χ3v) is 4.12. The average Bonchev–Trinajstić information content (AvgIpc) is 2.84. The van der Waals surface area contributed by atoms with Crippen molar-refractivity contribution >= 4 is 33.4 Å². The van der Waals surface area contributed by atoms with Crippen LogP contribution in [0.2, 0.25) is 0 Å². The first-order valence-electron chi connectivity index (χ1n) is 6.77. The van der Waals surface area contributed by atoms with E-state index in [4.69, 9.17) is 0 Å². The van der Waals surface area contributed by atoms with Crippen molar-refractivity contribution in [1.29, 1.82) is 0 Å². The SMILES string of the molecule is O=C1N[C@@H](c2ccc(F)cc2)C(=C(O)c2ccc(Br)cc2)C1=O. The highest BCUT2D eigenvalue weighted by Crippen LogP contribution is 2.33. The van der Waals surface area contributed by atoms with Crippen LogP contribution in [-0.2, 0) is 9.59 Å². The van der Waals surface area contributed by atoms with E-state index in [9.17, 15) is 19.1 Å². The average molecular weight is 376 g/mol. The van der Waals surface area contributed by atoms with Gasteiger partial charge < -0.3 is 10.4 Å². The lowest BCUT2D eigenvalue weighted by molar-refractivity contribution is -0.133. The van der Waals surface area contributed by atoms with Crippen LogP contribution in [0.15, 0.2) is 58.6 Å². The molecule has 0 saturated carbocycles. The van der Waals surface area contributed by atoms with Gasteiger partial charge in [0.2, 0.25) is 0 Å². The fraction of sp³-hybridized carbons (Fsp3) is 0.0588. The lowest BCUT2D eigenvalue weighted by Crippen LogP contribution is -2.21. The number of hydrogen-bond acceptors (Lipinski definition) is 3. The van der Waals surface area contributed by atoms with Crippen LogP contribution in [0, 0.1) is 5.82 Å². The summed E-state index contributed by atoms with van der Waals surface area (Å²) in [6.07, 6.45) is 0. The molecule has 1 saturated heterocycles. The van der Waals surface area contributed by atoms with Crippen LogP contribution in [0.4, 0.5) is 4.39 Å². The minimum absolute atomic E-state index is 0.0380. The highest BCUT2D eigenvalue weighted by atomic mass is 79.9. The molecule has 1 atom stereocenters. The maximum atomic E-state index is 13.1. The molecule has 1 heterocycles. The molecule has 116 valence electrons. The third kappa shape index (κ3) is 2.90. The molecule has 0 spiro atoms. The van der Waals surface area contributed by atoms with E-state index in [1.165, 1.54) is 24.3 Å². The van der Waals surface area contributed by atoms with Crippen LogP contribution in [0.1, 0.15) is 17.2 Å². The van der Waals surface area contributed by atoms with Crippen LogP contribution in [0.3, 0.4) is 0 Å². The van der Waals surface area contributed by atoms with Crippen molar-refractivity contribution in [3.8, 4) is 0 Å². The number of aliphatic hydroxyl groups is 1. The zero-order chi connectivity index (χ0) is 16.6. The van der Waals surface area contributed by atoms with Crippen molar-refractivity contribution in [2.24, 2.45) is 0 Å². The monoisotopic (exact) mass is 375 g/mol. The van der Waals surface area contributed by atoms with Crippen molar-refractivity contribution < 1.29 is 19.1 Å². The minimum atomic E-state index is -0.806. The van der Waals surface area contributed by atoms with Gasteiger partial charge in [-0.1, -0.05) is 40.2 Å². The van der Waals surface area contributed by atoms with E-state index in [0.29, 0.717) is 11.1 Å². The number of carbonyl (C=O) groups excluding carboxylic acids is 2. The maximum Gasteiger partial charge on any atom is 0.293 e. The van der Waals surface area contributed by atoms with Crippen LogP contribution in [-0.4, -0.2) is 16.8 Å². The molecule has 1 aliphatic rings. The Hall–Kier alpha value is -2.47. The first-order valence-corrected chi connectivity index (χ1v) is 7.56. The second-order valence-corrected chi connectivity index (χ2v) is 5.97. The van der Waals surface area contributed by atoms with E-state index in [2.05, 4.69) is 21.2 Å². The first-order chi connectivity index (χ1) is 11.0. The summed E-state index contributed by atoms with van der Waals surface area (Å²) in [5.41, 5.74) is 0.897. The molecular formula is C17H11BrFNO3. The fourth-order valence-corrected chi connectivity index (χ4v) is 2.70. The van der Waals surface area contributed by atoms with Gasteiger partial charge in [-0.3, -0.25) is 9.59 Å². The number of benzene rings is 2. The van der Waals surface area contributed by atoms with Crippen molar-refractivity contribution in [3.63, 3.8) is 0 Å². The standard InChI is InChI=1S/C17H11BrFNO3/c18-11-5-1-10(2-6-11)15(21)13-14(20-17(23)16(13)22)9-3-7-12(19)8-4-9/h1-8,14,21H,(H,20,23)/t14-/m0/s1. The Kier molecular flexibility index (Phi) is 4.00. The van der Waals surface area contributed by atoms with Crippen LogP contribution in [0.5, 0.6) is 0 Å². The van der Waals surface area contributed by atoms with Gasteiger partial charge in [-0.05, 0) is 29.8 Å². The molecule has 1 aliphatic heterocycles. The van der Waals surface area contributed by atoms with Crippen LogP contribution < -0.4 is 5.32 Å². The first kappa shape index (κ1) is 15.4. The Morgan fingerprint density at radius 3 is 2.26 bits per heavy atom. The van der Waals surface area contributed by atoms with Crippen LogP contribution in [0.25, 0.3) is 5.76 Å². The Balaban J connectivity index is 2.10. The van der Waals surface area contributed by atoms with E-state index in [1.54, 1.807) is 24.3 Å². The number of amides is 1. The van der Waals surface area contributed by atoms with Gasteiger partial charge >= 0.3 is 0 Å². The summed E-state index contributed by atoms with van der Waals surface area (Å²) in [5, 5.41) is 13.0. The van der Waals surface area contributed by atoms with Gasteiger partial charge in [0.15, 0.2) is 0 Å². The molecule has 2 N–H and O–H groups in total. The summed E-state index contributed by atoms with van der Waals surface area (Å²) < 4.78 is 13.9. The van der Waals surface area contributed by atoms with Crippen molar-refractivity contribution in [1.82, 2.24) is 5.32 Å². The summed E-state index contributed by atoms with van der Waals surface area (Å²) in [5.74, 6) is -2.28. The maximum absolute atomic E-state index is 13.1. The van der Waals surface area contributed by atoms with E-state index < -0.39 is 23.5 Å². The molecule has 2 aromatic carbocycles. The summed E-state index contributed by atoms with van der Waals surface area (Å²) in [6.45, 7) is 0. The zero-order valence-electron chi connectivity index (χ0n) is 11.7. The summed E-state index contributed by atoms with van der Waals surface area (Å²) in [4.78, 5) is 23.9. The number of rotatable bonds is 2. The van der Waals surface area contributed by atoms with Gasteiger partial charge in [-0.2, -0.15) is 0 Å². The molecule has 6 heteroatoms. The highest BCUT2D eigenvalue weighted by molar-refractivity contribution is 9.10. The predicted molar refractivity (Wildman–Crippen MR) is 86.0 cm³/mol. The van der Waals surface area contributed by atoms with Gasteiger partial charge in [0.05, 0.1) is 11.6 Å². The fourth-order valence-electron chi connectivity index (χ4n) is 2.43. The number of hydrogen-bond donors (Lipinski definition) is 2. The van der Waals surface area contributed by atoms with E-state index in [1.807, 2.05) is 0 Å². The van der Waals surface area contributed by atoms with Crippen LogP contribution >= 0.6 is 15.9 Å². The van der Waals surface area contributed by atoms with E-state index >= 15 is 0 Å². The van der Waals surface area contributed by atoms with Gasteiger partial charge in [-0.15, -0.1) is 0 Å². The van der Waals surface area contributed by atoms with E-state index in [0.717, 1.165) is 4.47 Å². The van der Waals surface area contributed by atoms with E-state index in [-0.39, 0.29) is 11.3 Å². The zero-order valence-corrected chi connectivity index (χ0v) is 13.3.